The summed E-state index contributed by atoms with van der Waals surface area (Å²) >= 11 is 5.74. The van der Waals surface area contributed by atoms with E-state index in [9.17, 15) is 4.79 Å². The number of nitrogens with two attached hydrogens (primary N) is 1. The summed E-state index contributed by atoms with van der Waals surface area (Å²) in [4.78, 5) is 23.4. The van der Waals surface area contributed by atoms with E-state index in [4.69, 9.17) is 17.3 Å². The van der Waals surface area contributed by atoms with E-state index in [1.165, 1.54) is 24.7 Å². The van der Waals surface area contributed by atoms with Crippen LogP contribution in [0.1, 0.15) is 16.2 Å². The van der Waals surface area contributed by atoms with Crippen molar-refractivity contribution >= 4 is 23.2 Å². The zero-order chi connectivity index (χ0) is 11.5. The summed E-state index contributed by atoms with van der Waals surface area (Å²) in [5.41, 5.74) is 5.79. The fourth-order valence-electron chi connectivity index (χ4n) is 1.17. The highest BCUT2D eigenvalue weighted by atomic mass is 35.5. The van der Waals surface area contributed by atoms with E-state index in [-0.39, 0.29) is 17.2 Å². The molecule has 0 spiro atoms. The van der Waals surface area contributed by atoms with Crippen LogP contribution in [0.25, 0.3) is 0 Å². The van der Waals surface area contributed by atoms with Crippen molar-refractivity contribution in [1.29, 1.82) is 0 Å². The number of halogens is 1. The molecule has 0 radical (unpaired) electrons. The van der Waals surface area contributed by atoms with Crippen molar-refractivity contribution in [1.82, 2.24) is 15.0 Å². The number of carbonyl (C=O) groups is 1. The van der Waals surface area contributed by atoms with Gasteiger partial charge in [-0.15, -0.1) is 0 Å². The molecule has 0 aliphatic heterocycles. The first-order valence-electron chi connectivity index (χ1n) is 4.41. The number of anilines is 1. The molecule has 0 saturated heterocycles. The van der Waals surface area contributed by atoms with E-state index < -0.39 is 5.78 Å². The third-order valence-corrected chi connectivity index (χ3v) is 2.11. The third kappa shape index (κ3) is 1.99. The van der Waals surface area contributed by atoms with Crippen molar-refractivity contribution in [3.63, 3.8) is 0 Å². The summed E-state index contributed by atoms with van der Waals surface area (Å²) in [6, 6.07) is 3.07. The molecule has 2 aromatic heterocycles. The van der Waals surface area contributed by atoms with Crippen LogP contribution < -0.4 is 5.73 Å². The smallest absolute Gasteiger partial charge is 0.233 e. The first-order valence-corrected chi connectivity index (χ1v) is 4.79. The fraction of sp³-hybridized carbons (Fsp3) is 0. The van der Waals surface area contributed by atoms with Gasteiger partial charge < -0.3 is 5.73 Å². The Labute approximate surface area is 96.3 Å². The maximum atomic E-state index is 11.9. The molecule has 2 aromatic rings. The van der Waals surface area contributed by atoms with Crippen molar-refractivity contribution in [2.24, 2.45) is 0 Å². The van der Waals surface area contributed by atoms with E-state index in [0.717, 1.165) is 0 Å². The lowest BCUT2D eigenvalue weighted by atomic mass is 10.1. The number of ketones is 1. The lowest BCUT2D eigenvalue weighted by Gasteiger charge is -2.02. The van der Waals surface area contributed by atoms with E-state index >= 15 is 0 Å². The van der Waals surface area contributed by atoms with Crippen LogP contribution in [-0.4, -0.2) is 20.7 Å². The predicted molar refractivity (Wildman–Crippen MR) is 59.1 cm³/mol. The number of hydrogen-bond donors (Lipinski definition) is 1. The maximum Gasteiger partial charge on any atom is 0.233 e. The van der Waals surface area contributed by atoms with E-state index in [2.05, 4.69) is 15.0 Å². The van der Waals surface area contributed by atoms with Crippen LogP contribution in [0.4, 0.5) is 5.82 Å². The lowest BCUT2D eigenvalue weighted by Crippen LogP contribution is -2.10. The number of nitrogen functional groups attached to an aromatic ring is 1. The molecule has 0 saturated carbocycles. The van der Waals surface area contributed by atoms with Crippen molar-refractivity contribution in [3.8, 4) is 0 Å². The molecule has 0 amide bonds. The number of carbonyl (C=O) groups excluding carboxylic acids is 1. The average Bonchev–Trinajstić information content (AvgIpc) is 2.32. The number of nitrogens with zero attached hydrogens (tertiary/aromatic N) is 3. The van der Waals surface area contributed by atoms with Crippen molar-refractivity contribution in [3.05, 3.63) is 47.1 Å². The van der Waals surface area contributed by atoms with Gasteiger partial charge in [-0.1, -0.05) is 11.6 Å². The largest absolute Gasteiger partial charge is 0.383 e. The Bertz CT molecular complexity index is 530. The fourth-order valence-corrected chi connectivity index (χ4v) is 1.33. The molecular weight excluding hydrogens is 228 g/mol. The summed E-state index contributed by atoms with van der Waals surface area (Å²) in [5.74, 6) is -0.215. The molecule has 2 N–H and O–H groups in total. The van der Waals surface area contributed by atoms with Crippen LogP contribution in [-0.2, 0) is 0 Å². The monoisotopic (exact) mass is 234 g/mol. The molecule has 0 atom stereocenters. The highest BCUT2D eigenvalue weighted by Crippen LogP contribution is 2.17. The summed E-state index contributed by atoms with van der Waals surface area (Å²) in [7, 11) is 0. The zero-order valence-corrected chi connectivity index (χ0v) is 8.85. The second kappa shape index (κ2) is 4.24. The minimum atomic E-state index is -0.395. The molecule has 2 heterocycles. The Kier molecular flexibility index (Phi) is 2.78. The number of aromatic nitrogens is 3. The minimum Gasteiger partial charge on any atom is -0.383 e. The Morgan fingerprint density at radius 1 is 1.25 bits per heavy atom. The molecule has 0 bridgehead atoms. The van der Waals surface area contributed by atoms with Gasteiger partial charge in [0.1, 0.15) is 5.82 Å². The van der Waals surface area contributed by atoms with Crippen LogP contribution in [0.15, 0.2) is 30.7 Å². The van der Waals surface area contributed by atoms with Crippen LogP contribution in [0.3, 0.4) is 0 Å². The number of pyridine rings is 1. The molecule has 5 nitrogen and oxygen atoms in total. The van der Waals surface area contributed by atoms with Crippen molar-refractivity contribution in [2.75, 3.05) is 5.73 Å². The van der Waals surface area contributed by atoms with Gasteiger partial charge >= 0.3 is 0 Å². The Balaban J connectivity index is 2.46. The predicted octanol–water partition coefficient (Wildman–Crippen LogP) is 1.34. The van der Waals surface area contributed by atoms with Gasteiger partial charge in [-0.3, -0.25) is 4.79 Å². The van der Waals surface area contributed by atoms with Gasteiger partial charge in [0.25, 0.3) is 0 Å². The van der Waals surface area contributed by atoms with Gasteiger partial charge in [-0.25, -0.2) is 15.0 Å². The van der Waals surface area contributed by atoms with E-state index in [1.54, 1.807) is 6.07 Å². The first-order chi connectivity index (χ1) is 7.68. The molecule has 0 aliphatic carbocycles. The molecule has 6 heteroatoms. The highest BCUT2D eigenvalue weighted by molar-refractivity contribution is 6.31. The van der Waals surface area contributed by atoms with E-state index in [0.29, 0.717) is 5.02 Å². The van der Waals surface area contributed by atoms with Crippen LogP contribution >= 0.6 is 11.6 Å². The van der Waals surface area contributed by atoms with Crippen molar-refractivity contribution < 1.29 is 4.79 Å². The minimum absolute atomic E-state index is 0.0678. The molecule has 2 rings (SSSR count). The van der Waals surface area contributed by atoms with Gasteiger partial charge in [0.15, 0.2) is 0 Å². The van der Waals surface area contributed by atoms with Gasteiger partial charge in [-0.2, -0.15) is 0 Å². The summed E-state index contributed by atoms with van der Waals surface area (Å²) in [5, 5.41) is 0.341. The number of rotatable bonds is 2. The van der Waals surface area contributed by atoms with Crippen molar-refractivity contribution in [2.45, 2.75) is 0 Å². The van der Waals surface area contributed by atoms with Gasteiger partial charge in [0.2, 0.25) is 11.6 Å². The Morgan fingerprint density at radius 3 is 2.62 bits per heavy atom. The quantitative estimate of drug-likeness (QED) is 0.793. The standard InChI is InChI=1S/C10H7ClN4O/c11-6-4-7(9(12)15-5-6)8(16)10-13-2-1-3-14-10/h1-5H,(H2,12,15). The van der Waals surface area contributed by atoms with Gasteiger partial charge in [0, 0.05) is 18.6 Å². The highest BCUT2D eigenvalue weighted by Gasteiger charge is 2.15. The topological polar surface area (TPSA) is 81.8 Å². The third-order valence-electron chi connectivity index (χ3n) is 1.90. The number of hydrogen-bond acceptors (Lipinski definition) is 5. The molecule has 80 valence electrons. The second-order valence-corrected chi connectivity index (χ2v) is 3.42. The average molecular weight is 235 g/mol. The SMILES string of the molecule is Nc1ncc(Cl)cc1C(=O)c1ncccn1. The molecule has 0 unspecified atom stereocenters. The summed E-state index contributed by atoms with van der Waals surface area (Å²) < 4.78 is 0. The lowest BCUT2D eigenvalue weighted by molar-refractivity contribution is 0.103. The molecule has 0 aliphatic rings. The normalized spacial score (nSPS) is 10.1. The zero-order valence-electron chi connectivity index (χ0n) is 8.09. The van der Waals surface area contributed by atoms with Crippen LogP contribution in [0.5, 0.6) is 0 Å². The van der Waals surface area contributed by atoms with Crippen LogP contribution in [0.2, 0.25) is 5.02 Å². The second-order valence-electron chi connectivity index (χ2n) is 2.99. The molecule has 0 aromatic carbocycles. The Morgan fingerprint density at radius 2 is 1.94 bits per heavy atom. The summed E-state index contributed by atoms with van der Waals surface area (Å²) in [6.07, 6.45) is 4.34. The molecule has 0 fully saturated rings. The van der Waals surface area contributed by atoms with Crippen LogP contribution in [0, 0.1) is 0 Å². The Hall–Kier alpha value is -2.01. The summed E-state index contributed by atoms with van der Waals surface area (Å²) in [6.45, 7) is 0. The van der Waals surface area contributed by atoms with E-state index in [1.807, 2.05) is 0 Å². The van der Waals surface area contributed by atoms with Gasteiger partial charge in [0.05, 0.1) is 10.6 Å². The first kappa shape index (κ1) is 10.5. The molecular formula is C10H7ClN4O. The maximum absolute atomic E-state index is 11.9. The molecule has 16 heavy (non-hydrogen) atoms. The van der Waals surface area contributed by atoms with Gasteiger partial charge in [-0.05, 0) is 12.1 Å².